The highest BCUT2D eigenvalue weighted by molar-refractivity contribution is 5.92. The minimum atomic E-state index is -0.186. The van der Waals surface area contributed by atoms with Crippen molar-refractivity contribution >= 4 is 5.91 Å². The molecule has 1 fully saturated rings. The zero-order valence-electron chi connectivity index (χ0n) is 14.6. The first-order valence-electron chi connectivity index (χ1n) is 8.43. The van der Waals surface area contributed by atoms with Crippen LogP contribution in [0, 0.1) is 6.92 Å². The number of rotatable bonds is 3. The van der Waals surface area contributed by atoms with E-state index in [1.165, 1.54) is 0 Å². The third-order valence-corrected chi connectivity index (χ3v) is 4.55. The van der Waals surface area contributed by atoms with Gasteiger partial charge in [0.2, 0.25) is 11.7 Å². The second-order valence-electron chi connectivity index (χ2n) is 6.37. The number of nitrogens with zero attached hydrogens (tertiary/aromatic N) is 5. The topological polar surface area (TPSA) is 88.5 Å². The van der Waals surface area contributed by atoms with E-state index in [1.807, 2.05) is 37.4 Å². The van der Waals surface area contributed by atoms with Crippen LogP contribution in [0.15, 0.2) is 45.4 Å². The van der Waals surface area contributed by atoms with E-state index in [4.69, 9.17) is 9.05 Å². The number of aromatic nitrogens is 3. The Balaban J connectivity index is 1.52. The molecule has 2 aromatic heterocycles. The molecule has 1 unspecified atom stereocenters. The molecular weight excluding hydrogens is 334 g/mol. The van der Waals surface area contributed by atoms with Crippen LogP contribution in [-0.4, -0.2) is 57.7 Å². The summed E-state index contributed by atoms with van der Waals surface area (Å²) < 4.78 is 10.6. The number of hydrogen-bond donors (Lipinski definition) is 0. The van der Waals surface area contributed by atoms with Crippen LogP contribution in [0.3, 0.4) is 0 Å². The number of aryl methyl sites for hydroxylation is 1. The fourth-order valence-corrected chi connectivity index (χ4v) is 3.05. The minimum Gasteiger partial charge on any atom is -0.350 e. The van der Waals surface area contributed by atoms with Crippen molar-refractivity contribution in [1.29, 1.82) is 0 Å². The Kier molecular flexibility index (Phi) is 4.26. The molecule has 0 bridgehead atoms. The molecule has 0 saturated carbocycles. The monoisotopic (exact) mass is 353 g/mol. The van der Waals surface area contributed by atoms with Gasteiger partial charge in [-0.25, -0.2) is 0 Å². The Morgan fingerprint density at radius 2 is 1.96 bits per heavy atom. The van der Waals surface area contributed by atoms with E-state index in [-0.39, 0.29) is 17.7 Å². The molecule has 3 heterocycles. The van der Waals surface area contributed by atoms with Crippen molar-refractivity contribution in [2.45, 2.75) is 13.0 Å². The molecule has 4 rings (SSSR count). The van der Waals surface area contributed by atoms with Crippen LogP contribution in [0.4, 0.5) is 0 Å². The molecule has 8 heteroatoms. The van der Waals surface area contributed by atoms with Gasteiger partial charge in [-0.3, -0.25) is 9.69 Å². The summed E-state index contributed by atoms with van der Waals surface area (Å²) in [7, 11) is 1.98. The predicted octanol–water partition coefficient (Wildman–Crippen LogP) is 2.16. The molecule has 134 valence electrons. The van der Waals surface area contributed by atoms with Crippen molar-refractivity contribution in [3.05, 3.63) is 53.9 Å². The van der Waals surface area contributed by atoms with Crippen LogP contribution in [0.5, 0.6) is 0 Å². The van der Waals surface area contributed by atoms with E-state index in [1.54, 1.807) is 17.9 Å². The molecule has 26 heavy (non-hydrogen) atoms. The maximum absolute atomic E-state index is 12.8. The largest absolute Gasteiger partial charge is 0.350 e. The molecule has 0 radical (unpaired) electrons. The zero-order chi connectivity index (χ0) is 18.1. The third-order valence-electron chi connectivity index (χ3n) is 4.55. The molecule has 1 saturated heterocycles. The lowest BCUT2D eigenvalue weighted by Crippen LogP contribution is -2.49. The van der Waals surface area contributed by atoms with Crippen LogP contribution in [-0.2, 0) is 0 Å². The molecule has 0 N–H and O–H groups in total. The standard InChI is InChI=1S/C18H19N5O3/c1-12-19-17(26-20-12)15-11-23(9-8-22(15)2)18(24)16-10-14(21-25-16)13-6-4-3-5-7-13/h3-7,10,15H,8-9,11H2,1-2H3. The number of amides is 1. The van der Waals surface area contributed by atoms with Crippen molar-refractivity contribution in [3.8, 4) is 11.3 Å². The van der Waals surface area contributed by atoms with Crippen molar-refractivity contribution in [3.63, 3.8) is 0 Å². The molecule has 0 spiro atoms. The van der Waals surface area contributed by atoms with Gasteiger partial charge < -0.3 is 13.9 Å². The Hall–Kier alpha value is -3.00. The van der Waals surface area contributed by atoms with E-state index in [2.05, 4.69) is 20.2 Å². The smallest absolute Gasteiger partial charge is 0.292 e. The van der Waals surface area contributed by atoms with Crippen molar-refractivity contribution in [2.75, 3.05) is 26.7 Å². The second kappa shape index (κ2) is 6.72. The average Bonchev–Trinajstić information content (AvgIpc) is 3.32. The van der Waals surface area contributed by atoms with Gasteiger partial charge >= 0.3 is 0 Å². The first-order chi connectivity index (χ1) is 12.6. The normalized spacial score (nSPS) is 18.2. The van der Waals surface area contributed by atoms with Crippen LogP contribution in [0.2, 0.25) is 0 Å². The van der Waals surface area contributed by atoms with Crippen LogP contribution < -0.4 is 0 Å². The average molecular weight is 353 g/mol. The summed E-state index contributed by atoms with van der Waals surface area (Å²) in [5.41, 5.74) is 1.56. The van der Waals surface area contributed by atoms with Gasteiger partial charge in [-0.2, -0.15) is 4.98 Å². The Morgan fingerprint density at radius 1 is 1.15 bits per heavy atom. The fourth-order valence-electron chi connectivity index (χ4n) is 3.05. The quantitative estimate of drug-likeness (QED) is 0.713. The second-order valence-corrected chi connectivity index (χ2v) is 6.37. The molecular formula is C18H19N5O3. The number of carbonyl (C=O) groups excluding carboxylic acids is 1. The Bertz CT molecular complexity index is 904. The van der Waals surface area contributed by atoms with Crippen molar-refractivity contribution in [1.82, 2.24) is 25.1 Å². The highest BCUT2D eigenvalue weighted by Crippen LogP contribution is 2.25. The lowest BCUT2D eigenvalue weighted by molar-refractivity contribution is 0.0454. The van der Waals surface area contributed by atoms with E-state index < -0.39 is 0 Å². The number of benzene rings is 1. The molecule has 1 aromatic carbocycles. The number of carbonyl (C=O) groups is 1. The maximum Gasteiger partial charge on any atom is 0.292 e. The predicted molar refractivity (Wildman–Crippen MR) is 92.2 cm³/mol. The number of piperazine rings is 1. The highest BCUT2D eigenvalue weighted by atomic mass is 16.5. The Labute approximate surface area is 150 Å². The summed E-state index contributed by atoms with van der Waals surface area (Å²) in [5.74, 6) is 1.15. The first kappa shape index (κ1) is 16.5. The highest BCUT2D eigenvalue weighted by Gasteiger charge is 2.33. The van der Waals surface area contributed by atoms with Gasteiger partial charge in [0, 0.05) is 31.3 Å². The summed E-state index contributed by atoms with van der Waals surface area (Å²) in [6.07, 6.45) is 0. The zero-order valence-corrected chi connectivity index (χ0v) is 14.6. The molecule has 0 aliphatic carbocycles. The van der Waals surface area contributed by atoms with Crippen molar-refractivity contribution < 1.29 is 13.8 Å². The Morgan fingerprint density at radius 3 is 2.69 bits per heavy atom. The molecule has 1 atom stereocenters. The molecule has 1 aliphatic heterocycles. The lowest BCUT2D eigenvalue weighted by atomic mass is 10.1. The summed E-state index contributed by atoms with van der Waals surface area (Å²) in [4.78, 5) is 21.0. The minimum absolute atomic E-state index is 0.134. The summed E-state index contributed by atoms with van der Waals surface area (Å²) in [6.45, 7) is 3.54. The van der Waals surface area contributed by atoms with Gasteiger partial charge in [0.1, 0.15) is 11.7 Å². The molecule has 1 amide bonds. The van der Waals surface area contributed by atoms with E-state index in [0.29, 0.717) is 37.0 Å². The molecule has 1 aliphatic rings. The van der Waals surface area contributed by atoms with E-state index >= 15 is 0 Å². The number of hydrogen-bond acceptors (Lipinski definition) is 7. The van der Waals surface area contributed by atoms with E-state index in [9.17, 15) is 4.79 Å². The van der Waals surface area contributed by atoms with Crippen LogP contribution in [0.1, 0.15) is 28.3 Å². The maximum atomic E-state index is 12.8. The van der Waals surface area contributed by atoms with E-state index in [0.717, 1.165) is 5.56 Å². The van der Waals surface area contributed by atoms with Gasteiger partial charge in [0.05, 0.1) is 0 Å². The first-order valence-corrected chi connectivity index (χ1v) is 8.43. The van der Waals surface area contributed by atoms with Gasteiger partial charge in [0.25, 0.3) is 5.91 Å². The molecule has 8 nitrogen and oxygen atoms in total. The van der Waals surface area contributed by atoms with Crippen molar-refractivity contribution in [2.24, 2.45) is 0 Å². The fraction of sp³-hybridized carbons (Fsp3) is 0.333. The third kappa shape index (κ3) is 3.11. The SMILES string of the molecule is Cc1noc(C2CN(C(=O)c3cc(-c4ccccc4)no3)CCN2C)n1. The molecule has 3 aromatic rings. The van der Waals surface area contributed by atoms with Gasteiger partial charge in [-0.1, -0.05) is 40.6 Å². The van der Waals surface area contributed by atoms with Gasteiger partial charge in [-0.05, 0) is 14.0 Å². The lowest BCUT2D eigenvalue weighted by Gasteiger charge is -2.37. The van der Waals surface area contributed by atoms with Crippen LogP contribution in [0.25, 0.3) is 11.3 Å². The van der Waals surface area contributed by atoms with Gasteiger partial charge in [-0.15, -0.1) is 0 Å². The number of likely N-dealkylation sites (N-methyl/N-ethyl adjacent to an activating group) is 1. The summed E-state index contributed by atoms with van der Waals surface area (Å²) >= 11 is 0. The summed E-state index contributed by atoms with van der Waals surface area (Å²) in [5, 5.41) is 7.87. The van der Waals surface area contributed by atoms with Gasteiger partial charge in [0.15, 0.2) is 5.82 Å². The summed E-state index contributed by atoms with van der Waals surface area (Å²) in [6, 6.07) is 11.2. The van der Waals surface area contributed by atoms with Crippen LogP contribution >= 0.6 is 0 Å².